The third-order valence-electron chi connectivity index (χ3n) is 2.75. The number of carbonyl (C=O) groups is 1. The first kappa shape index (κ1) is 13.9. The summed E-state index contributed by atoms with van der Waals surface area (Å²) in [6.45, 7) is 0.285. The van der Waals surface area contributed by atoms with Crippen molar-refractivity contribution >= 4 is 11.8 Å². The molecule has 2 aromatic rings. The molecule has 0 aliphatic heterocycles. The van der Waals surface area contributed by atoms with Crippen molar-refractivity contribution in [2.75, 3.05) is 11.9 Å². The van der Waals surface area contributed by atoms with Crippen molar-refractivity contribution < 1.29 is 18.7 Å². The van der Waals surface area contributed by atoms with Crippen LogP contribution in [0.25, 0.3) is 0 Å². The first-order chi connectivity index (χ1) is 9.47. The summed E-state index contributed by atoms with van der Waals surface area (Å²) in [6, 6.07) is 8.24. The molecular weight excluding hydrogens is 266 g/mol. The van der Waals surface area contributed by atoms with Gasteiger partial charge in [-0.15, -0.1) is 0 Å². The van der Waals surface area contributed by atoms with Gasteiger partial charge in [0.2, 0.25) is 0 Å². The second-order valence-electron chi connectivity index (χ2n) is 4.29. The molecule has 0 aliphatic rings. The number of aromatic nitrogens is 1. The quantitative estimate of drug-likeness (QED) is 0.934. The van der Waals surface area contributed by atoms with Gasteiger partial charge in [-0.25, -0.2) is 18.6 Å². The van der Waals surface area contributed by atoms with E-state index in [1.54, 1.807) is 24.1 Å². The SMILES string of the molecule is CN(Cc1ccc(F)c(F)c1)c1cccc(C(=O)O)n1. The monoisotopic (exact) mass is 278 g/mol. The first-order valence-electron chi connectivity index (χ1n) is 5.83. The van der Waals surface area contributed by atoms with E-state index in [4.69, 9.17) is 5.11 Å². The van der Waals surface area contributed by atoms with Crippen molar-refractivity contribution in [3.05, 3.63) is 59.3 Å². The number of halogens is 2. The molecule has 1 aromatic carbocycles. The molecule has 0 saturated heterocycles. The van der Waals surface area contributed by atoms with Crippen LogP contribution < -0.4 is 4.90 Å². The van der Waals surface area contributed by atoms with Crippen molar-refractivity contribution in [3.63, 3.8) is 0 Å². The number of aromatic carboxylic acids is 1. The Kier molecular flexibility index (Phi) is 3.93. The van der Waals surface area contributed by atoms with E-state index < -0.39 is 17.6 Å². The second kappa shape index (κ2) is 5.64. The van der Waals surface area contributed by atoms with Crippen LogP contribution >= 0.6 is 0 Å². The summed E-state index contributed by atoms with van der Waals surface area (Å²) in [4.78, 5) is 16.5. The maximum atomic E-state index is 13.1. The Bertz CT molecular complexity index is 647. The predicted octanol–water partition coefficient (Wildman–Crippen LogP) is 2.69. The third kappa shape index (κ3) is 3.09. The fraction of sp³-hybridized carbons (Fsp3) is 0.143. The highest BCUT2D eigenvalue weighted by atomic mass is 19.2. The molecule has 1 heterocycles. The van der Waals surface area contributed by atoms with Gasteiger partial charge in [-0.1, -0.05) is 12.1 Å². The van der Waals surface area contributed by atoms with Gasteiger partial charge < -0.3 is 10.0 Å². The number of benzene rings is 1. The zero-order valence-corrected chi connectivity index (χ0v) is 10.7. The van der Waals surface area contributed by atoms with Gasteiger partial charge >= 0.3 is 5.97 Å². The summed E-state index contributed by atoms with van der Waals surface area (Å²) in [5, 5.41) is 8.88. The van der Waals surface area contributed by atoms with Crippen LogP contribution in [-0.4, -0.2) is 23.1 Å². The van der Waals surface area contributed by atoms with Crippen molar-refractivity contribution in [3.8, 4) is 0 Å². The molecule has 0 aliphatic carbocycles. The van der Waals surface area contributed by atoms with Crippen LogP contribution in [0, 0.1) is 11.6 Å². The largest absolute Gasteiger partial charge is 0.477 e. The Morgan fingerprint density at radius 3 is 2.65 bits per heavy atom. The molecule has 0 fully saturated rings. The molecule has 20 heavy (non-hydrogen) atoms. The van der Waals surface area contributed by atoms with Gasteiger partial charge in [-0.3, -0.25) is 0 Å². The van der Waals surface area contributed by atoms with Gasteiger partial charge in [0.1, 0.15) is 5.82 Å². The second-order valence-corrected chi connectivity index (χ2v) is 4.29. The molecule has 0 saturated carbocycles. The molecule has 0 atom stereocenters. The molecule has 4 nitrogen and oxygen atoms in total. The third-order valence-corrected chi connectivity index (χ3v) is 2.75. The number of carboxylic acids is 1. The summed E-state index contributed by atoms with van der Waals surface area (Å²) < 4.78 is 25.9. The lowest BCUT2D eigenvalue weighted by molar-refractivity contribution is 0.0690. The number of nitrogens with zero attached hydrogens (tertiary/aromatic N) is 2. The standard InChI is InChI=1S/C14H12F2N2O2/c1-18(8-9-5-6-10(15)11(16)7-9)13-4-2-3-12(17-13)14(19)20/h2-7H,8H2,1H3,(H,19,20). The average Bonchev–Trinajstić information content (AvgIpc) is 2.43. The molecule has 0 spiro atoms. The Labute approximate surface area is 114 Å². The number of rotatable bonds is 4. The molecule has 0 radical (unpaired) electrons. The van der Waals surface area contributed by atoms with Gasteiger partial charge in [0.05, 0.1) is 0 Å². The number of hydrogen-bond donors (Lipinski definition) is 1. The van der Waals surface area contributed by atoms with Gasteiger partial charge in [-0.05, 0) is 29.8 Å². The Morgan fingerprint density at radius 1 is 1.25 bits per heavy atom. The maximum absolute atomic E-state index is 13.1. The Morgan fingerprint density at radius 2 is 2.00 bits per heavy atom. The van der Waals surface area contributed by atoms with Gasteiger partial charge in [0.15, 0.2) is 17.3 Å². The number of hydrogen-bond acceptors (Lipinski definition) is 3. The lowest BCUT2D eigenvalue weighted by Gasteiger charge is -2.18. The molecule has 2 rings (SSSR count). The van der Waals surface area contributed by atoms with Crippen molar-refractivity contribution in [1.29, 1.82) is 0 Å². The number of pyridine rings is 1. The van der Waals surface area contributed by atoms with Crippen LogP contribution in [0.1, 0.15) is 16.1 Å². The maximum Gasteiger partial charge on any atom is 0.354 e. The predicted molar refractivity (Wildman–Crippen MR) is 69.7 cm³/mol. The van der Waals surface area contributed by atoms with E-state index in [0.29, 0.717) is 11.4 Å². The highest BCUT2D eigenvalue weighted by Crippen LogP contribution is 2.15. The molecule has 1 aromatic heterocycles. The van der Waals surface area contributed by atoms with Crippen LogP contribution in [-0.2, 0) is 6.54 Å². The summed E-state index contributed by atoms with van der Waals surface area (Å²) >= 11 is 0. The Hall–Kier alpha value is -2.50. The Balaban J connectivity index is 2.19. The summed E-state index contributed by atoms with van der Waals surface area (Å²) in [5.41, 5.74) is 0.494. The zero-order valence-electron chi connectivity index (χ0n) is 10.7. The first-order valence-corrected chi connectivity index (χ1v) is 5.83. The van der Waals surface area contributed by atoms with E-state index in [1.165, 1.54) is 12.1 Å². The van der Waals surface area contributed by atoms with Crippen LogP contribution in [0.3, 0.4) is 0 Å². The van der Waals surface area contributed by atoms with Crippen LogP contribution in [0.4, 0.5) is 14.6 Å². The summed E-state index contributed by atoms with van der Waals surface area (Å²) in [6.07, 6.45) is 0. The van der Waals surface area contributed by atoms with Gasteiger partial charge in [-0.2, -0.15) is 0 Å². The van der Waals surface area contributed by atoms with E-state index in [-0.39, 0.29) is 12.2 Å². The lowest BCUT2D eigenvalue weighted by Crippen LogP contribution is -2.18. The van der Waals surface area contributed by atoms with Gasteiger partial charge in [0, 0.05) is 13.6 Å². The van der Waals surface area contributed by atoms with E-state index in [1.807, 2.05) is 0 Å². The van der Waals surface area contributed by atoms with Crippen LogP contribution in [0.15, 0.2) is 36.4 Å². The van der Waals surface area contributed by atoms with E-state index in [2.05, 4.69) is 4.98 Å². The smallest absolute Gasteiger partial charge is 0.354 e. The minimum absolute atomic E-state index is 0.0698. The van der Waals surface area contributed by atoms with Crippen molar-refractivity contribution in [2.24, 2.45) is 0 Å². The molecular formula is C14H12F2N2O2. The minimum Gasteiger partial charge on any atom is -0.477 e. The summed E-state index contributed by atoms with van der Waals surface area (Å²) in [5.74, 6) is -2.49. The molecule has 0 bridgehead atoms. The van der Waals surface area contributed by atoms with E-state index in [0.717, 1.165) is 12.1 Å². The normalized spacial score (nSPS) is 10.3. The molecule has 0 unspecified atom stereocenters. The molecule has 0 amide bonds. The van der Waals surface area contributed by atoms with Crippen molar-refractivity contribution in [2.45, 2.75) is 6.54 Å². The fourth-order valence-electron chi connectivity index (χ4n) is 1.75. The van der Waals surface area contributed by atoms with Crippen LogP contribution in [0.5, 0.6) is 0 Å². The lowest BCUT2D eigenvalue weighted by atomic mass is 10.2. The highest BCUT2D eigenvalue weighted by Gasteiger charge is 2.10. The highest BCUT2D eigenvalue weighted by molar-refractivity contribution is 5.85. The van der Waals surface area contributed by atoms with E-state index in [9.17, 15) is 13.6 Å². The topological polar surface area (TPSA) is 53.4 Å². The van der Waals surface area contributed by atoms with Crippen molar-refractivity contribution in [1.82, 2.24) is 4.98 Å². The molecule has 6 heteroatoms. The molecule has 1 N–H and O–H groups in total. The zero-order chi connectivity index (χ0) is 14.7. The molecule has 104 valence electrons. The fourth-order valence-corrected chi connectivity index (χ4v) is 1.75. The summed E-state index contributed by atoms with van der Waals surface area (Å²) in [7, 11) is 1.69. The average molecular weight is 278 g/mol. The van der Waals surface area contributed by atoms with E-state index >= 15 is 0 Å². The number of carboxylic acid groups (broad SMARTS) is 1. The van der Waals surface area contributed by atoms with Crippen LogP contribution in [0.2, 0.25) is 0 Å². The number of anilines is 1. The minimum atomic E-state index is -1.12. The van der Waals surface area contributed by atoms with Gasteiger partial charge in [0.25, 0.3) is 0 Å².